The average molecular weight is 456 g/mol. The largest absolute Gasteiger partial charge is 0.490 e. The summed E-state index contributed by atoms with van der Waals surface area (Å²) >= 11 is 0. The Morgan fingerprint density at radius 2 is 1.69 bits per heavy atom. The molecule has 5 heteroatoms. The van der Waals surface area contributed by atoms with Gasteiger partial charge in [0.15, 0.2) is 0 Å². The van der Waals surface area contributed by atoms with E-state index in [2.05, 4.69) is 71.3 Å². The zero-order valence-corrected chi connectivity index (χ0v) is 20.9. The van der Waals surface area contributed by atoms with Crippen LogP contribution in [0.3, 0.4) is 0 Å². The maximum Gasteiger partial charge on any atom is 0.313 e. The highest BCUT2D eigenvalue weighted by Gasteiger charge is 2.37. The number of likely N-dealkylation sites (tertiary alicyclic amines) is 1. The highest BCUT2D eigenvalue weighted by Crippen LogP contribution is 2.39. The Kier molecular flexibility index (Phi) is 6.84. The van der Waals surface area contributed by atoms with Gasteiger partial charge in [-0.15, -0.1) is 9.24 Å². The van der Waals surface area contributed by atoms with Crippen LogP contribution >= 0.6 is 9.24 Å². The van der Waals surface area contributed by atoms with E-state index < -0.39 is 11.1 Å². The van der Waals surface area contributed by atoms with Gasteiger partial charge in [0.2, 0.25) is 0 Å². The van der Waals surface area contributed by atoms with Gasteiger partial charge in [0.05, 0.1) is 11.3 Å². The lowest BCUT2D eigenvalue weighted by atomic mass is 9.72. The third-order valence-electron chi connectivity index (χ3n) is 7.66. The summed E-state index contributed by atoms with van der Waals surface area (Å²) in [5.41, 5.74) is 1.67. The van der Waals surface area contributed by atoms with Crippen LogP contribution in [0.15, 0.2) is 36.4 Å². The van der Waals surface area contributed by atoms with Gasteiger partial charge < -0.3 is 9.84 Å². The number of carboxylic acids is 1. The Bertz CT molecular complexity index is 951. The Morgan fingerprint density at radius 3 is 2.31 bits per heavy atom. The van der Waals surface area contributed by atoms with Crippen LogP contribution in [0.1, 0.15) is 64.9 Å². The van der Waals surface area contributed by atoms with Crippen molar-refractivity contribution in [1.82, 2.24) is 4.90 Å². The van der Waals surface area contributed by atoms with E-state index in [1.54, 1.807) is 0 Å². The molecule has 1 saturated carbocycles. The quantitative estimate of drug-likeness (QED) is 0.552. The molecule has 1 atom stereocenters. The summed E-state index contributed by atoms with van der Waals surface area (Å²) in [6, 6.07) is 13.1. The molecule has 4 rings (SSSR count). The van der Waals surface area contributed by atoms with Crippen LogP contribution in [0.5, 0.6) is 5.75 Å². The van der Waals surface area contributed by atoms with Crippen LogP contribution in [0.2, 0.25) is 0 Å². The molecule has 0 spiro atoms. The molecule has 4 nitrogen and oxygen atoms in total. The van der Waals surface area contributed by atoms with Crippen molar-refractivity contribution in [1.29, 1.82) is 0 Å². The number of benzene rings is 2. The lowest BCUT2D eigenvalue weighted by Gasteiger charge is -2.37. The van der Waals surface area contributed by atoms with Gasteiger partial charge in [-0.1, -0.05) is 39.0 Å². The summed E-state index contributed by atoms with van der Waals surface area (Å²) < 4.78 is 6.36. The molecular formula is C27H38NO3P. The molecule has 2 aliphatic rings. The van der Waals surface area contributed by atoms with Crippen molar-refractivity contribution < 1.29 is 14.6 Å². The number of carboxylic acid groups (broad SMARTS) is 1. The number of hydrogen-bond acceptors (Lipinski definition) is 3. The summed E-state index contributed by atoms with van der Waals surface area (Å²) in [4.78, 5) is 13.8. The number of carbonyl (C=O) groups is 1. The summed E-state index contributed by atoms with van der Waals surface area (Å²) in [7, 11) is 2.56. The first-order valence-electron chi connectivity index (χ1n) is 12.1. The third-order valence-corrected chi connectivity index (χ3v) is 8.48. The summed E-state index contributed by atoms with van der Waals surface area (Å²) in [6.07, 6.45) is 6.50. The standard InChI is InChI=1S/C27H38NO3P/c1-26(2,3)22-7-10-23(11-8-22)31-24-9-6-20-16-19(4-5-21(20)17-24)18-28-14-12-27(32,13-15-28)25(29)30/h4-6,9,16-17,22-23H,7-8,10-15,18,32H2,1-3H3,(H,29,30). The number of ether oxygens (including phenoxy) is 1. The third kappa shape index (κ3) is 5.46. The van der Waals surface area contributed by atoms with E-state index in [4.69, 9.17) is 4.74 Å². The molecule has 0 aromatic heterocycles. The minimum absolute atomic E-state index is 0.332. The lowest BCUT2D eigenvalue weighted by molar-refractivity contribution is -0.141. The minimum atomic E-state index is -0.701. The second-order valence-electron chi connectivity index (χ2n) is 11.0. The van der Waals surface area contributed by atoms with Crippen molar-refractivity contribution in [2.24, 2.45) is 11.3 Å². The smallest absolute Gasteiger partial charge is 0.313 e. The molecule has 2 fully saturated rings. The molecule has 0 amide bonds. The van der Waals surface area contributed by atoms with Crippen LogP contribution in [0, 0.1) is 11.3 Å². The van der Waals surface area contributed by atoms with Crippen molar-refractivity contribution in [2.45, 2.75) is 77.1 Å². The Labute approximate surface area is 194 Å². The minimum Gasteiger partial charge on any atom is -0.490 e. The van der Waals surface area contributed by atoms with E-state index in [0.29, 0.717) is 24.4 Å². The van der Waals surface area contributed by atoms with Gasteiger partial charge in [-0.05, 0) is 97.5 Å². The van der Waals surface area contributed by atoms with Gasteiger partial charge in [0.25, 0.3) is 0 Å². The van der Waals surface area contributed by atoms with Gasteiger partial charge >= 0.3 is 5.97 Å². The topological polar surface area (TPSA) is 49.8 Å². The first kappa shape index (κ1) is 23.5. The molecule has 174 valence electrons. The number of aliphatic carboxylic acids is 1. The highest BCUT2D eigenvalue weighted by atomic mass is 31.0. The van der Waals surface area contributed by atoms with Gasteiger partial charge in [-0.25, -0.2) is 0 Å². The number of hydrogen-bond donors (Lipinski definition) is 1. The molecule has 1 saturated heterocycles. The predicted octanol–water partition coefficient (Wildman–Crippen LogP) is 6.12. The summed E-state index contributed by atoms with van der Waals surface area (Å²) in [6.45, 7) is 9.57. The molecule has 1 heterocycles. The number of fused-ring (bicyclic) bond motifs is 1. The maximum atomic E-state index is 11.4. The van der Waals surface area contributed by atoms with Crippen LogP contribution < -0.4 is 4.74 Å². The van der Waals surface area contributed by atoms with E-state index in [1.165, 1.54) is 29.2 Å². The molecular weight excluding hydrogens is 417 g/mol. The Morgan fingerprint density at radius 1 is 1.06 bits per heavy atom. The molecule has 0 bridgehead atoms. The first-order valence-corrected chi connectivity index (χ1v) is 12.6. The zero-order chi connectivity index (χ0) is 22.9. The van der Waals surface area contributed by atoms with Crippen molar-refractivity contribution in [3.8, 4) is 5.75 Å². The fourth-order valence-corrected chi connectivity index (χ4v) is 5.52. The molecule has 2 aromatic carbocycles. The molecule has 1 aliphatic carbocycles. The number of rotatable bonds is 5. The van der Waals surface area contributed by atoms with Crippen molar-refractivity contribution in [3.05, 3.63) is 42.0 Å². The highest BCUT2D eigenvalue weighted by molar-refractivity contribution is 7.21. The van der Waals surface area contributed by atoms with E-state index in [1.807, 2.05) is 0 Å². The first-order chi connectivity index (χ1) is 15.1. The van der Waals surface area contributed by atoms with E-state index in [0.717, 1.165) is 44.1 Å². The second kappa shape index (κ2) is 9.31. The monoisotopic (exact) mass is 455 g/mol. The lowest BCUT2D eigenvalue weighted by Crippen LogP contribution is -2.44. The van der Waals surface area contributed by atoms with Crippen molar-refractivity contribution >= 4 is 26.0 Å². The molecule has 2 aromatic rings. The van der Waals surface area contributed by atoms with Crippen LogP contribution in [-0.2, 0) is 11.3 Å². The van der Waals surface area contributed by atoms with E-state index in [-0.39, 0.29) is 0 Å². The van der Waals surface area contributed by atoms with Gasteiger partial charge in [-0.3, -0.25) is 9.69 Å². The Balaban J connectivity index is 1.34. The molecule has 1 aliphatic heterocycles. The second-order valence-corrected chi connectivity index (χ2v) is 12.1. The summed E-state index contributed by atoms with van der Waals surface area (Å²) in [5, 5.41) is 11.2. The van der Waals surface area contributed by atoms with Crippen LogP contribution in [-0.4, -0.2) is 40.3 Å². The maximum absolute atomic E-state index is 11.4. The molecule has 0 radical (unpaired) electrons. The Hall–Kier alpha value is -1.64. The predicted molar refractivity (Wildman–Crippen MR) is 134 cm³/mol. The fourth-order valence-electron chi connectivity index (χ4n) is 5.27. The van der Waals surface area contributed by atoms with E-state index >= 15 is 0 Å². The van der Waals surface area contributed by atoms with Gasteiger partial charge in [-0.2, -0.15) is 0 Å². The van der Waals surface area contributed by atoms with Crippen LogP contribution in [0.4, 0.5) is 0 Å². The SMILES string of the molecule is CC(C)(C)C1CCC(Oc2ccc3cc(CN4CCC(P)(C(=O)O)CC4)ccc3c2)CC1. The number of piperidine rings is 1. The van der Waals surface area contributed by atoms with Crippen molar-refractivity contribution in [3.63, 3.8) is 0 Å². The van der Waals surface area contributed by atoms with Gasteiger partial charge in [0, 0.05) is 6.54 Å². The fraction of sp³-hybridized carbons (Fsp3) is 0.593. The van der Waals surface area contributed by atoms with E-state index in [9.17, 15) is 9.90 Å². The molecule has 1 N–H and O–H groups in total. The molecule has 32 heavy (non-hydrogen) atoms. The normalized spacial score (nSPS) is 24.4. The number of nitrogens with zero attached hydrogens (tertiary/aromatic N) is 1. The molecule has 1 unspecified atom stereocenters. The summed E-state index contributed by atoms with van der Waals surface area (Å²) in [5.74, 6) is 1.08. The average Bonchev–Trinajstić information content (AvgIpc) is 2.75. The van der Waals surface area contributed by atoms with Crippen LogP contribution in [0.25, 0.3) is 10.8 Å². The van der Waals surface area contributed by atoms with Crippen molar-refractivity contribution in [2.75, 3.05) is 13.1 Å². The zero-order valence-electron chi connectivity index (χ0n) is 19.8. The van der Waals surface area contributed by atoms with Gasteiger partial charge in [0.1, 0.15) is 5.75 Å².